The van der Waals surface area contributed by atoms with Crippen LogP contribution in [-0.2, 0) is 14.8 Å². The van der Waals surface area contributed by atoms with Gasteiger partial charge in [0, 0.05) is 12.0 Å². The zero-order valence-electron chi connectivity index (χ0n) is 16.5. The highest BCUT2D eigenvalue weighted by atomic mass is 35.5. The normalized spacial score (nSPS) is 17.8. The van der Waals surface area contributed by atoms with E-state index in [1.165, 1.54) is 32.4 Å². The van der Waals surface area contributed by atoms with Crippen LogP contribution in [0.15, 0.2) is 41.3 Å². The third kappa shape index (κ3) is 4.49. The molecule has 0 spiro atoms. The van der Waals surface area contributed by atoms with E-state index < -0.39 is 27.6 Å². The summed E-state index contributed by atoms with van der Waals surface area (Å²) < 4.78 is 44.8. The molecule has 1 atom stereocenters. The van der Waals surface area contributed by atoms with Crippen LogP contribution in [0.3, 0.4) is 0 Å². The Morgan fingerprint density at radius 3 is 2.59 bits per heavy atom. The number of benzene rings is 2. The Morgan fingerprint density at radius 2 is 1.93 bits per heavy atom. The molecule has 9 heteroatoms. The van der Waals surface area contributed by atoms with Gasteiger partial charge in [-0.05, 0) is 50.2 Å². The van der Waals surface area contributed by atoms with Gasteiger partial charge in [0.25, 0.3) is 0 Å². The number of hydrogen-bond donors (Lipinski definition) is 1. The van der Waals surface area contributed by atoms with E-state index in [0.29, 0.717) is 23.5 Å². The lowest BCUT2D eigenvalue weighted by Crippen LogP contribution is -2.41. The zero-order chi connectivity index (χ0) is 21.4. The standard InChI is InChI=1S/C20H22ClNO6S/c1-20(2)11-17(15-9-12(26-3)5-8-18(15)28-20)22-29(24,25)13-6-7-16(21)14(10-13)19(23)27-4/h5-10,17,22H,11H2,1-4H3/t17-/m1/s1. The smallest absolute Gasteiger partial charge is 0.339 e. The average Bonchev–Trinajstić information content (AvgIpc) is 2.66. The fourth-order valence-corrected chi connectivity index (χ4v) is 4.69. The van der Waals surface area contributed by atoms with Crippen LogP contribution in [0, 0.1) is 0 Å². The first kappa shape index (κ1) is 21.4. The number of halogens is 1. The maximum absolute atomic E-state index is 13.1. The first-order valence-electron chi connectivity index (χ1n) is 8.83. The summed E-state index contributed by atoms with van der Waals surface area (Å²) in [4.78, 5) is 11.8. The van der Waals surface area contributed by atoms with E-state index >= 15 is 0 Å². The minimum atomic E-state index is -3.97. The summed E-state index contributed by atoms with van der Waals surface area (Å²) in [5.41, 5.74) is 0.0761. The third-order valence-electron chi connectivity index (χ3n) is 4.63. The fourth-order valence-electron chi connectivity index (χ4n) is 3.26. The highest BCUT2D eigenvalue weighted by Crippen LogP contribution is 2.41. The molecule has 1 heterocycles. The molecule has 0 fully saturated rings. The summed E-state index contributed by atoms with van der Waals surface area (Å²) in [5.74, 6) is 0.464. The monoisotopic (exact) mass is 439 g/mol. The number of carbonyl (C=O) groups is 1. The largest absolute Gasteiger partial charge is 0.497 e. The van der Waals surface area contributed by atoms with Gasteiger partial charge in [-0.2, -0.15) is 0 Å². The van der Waals surface area contributed by atoms with E-state index in [1.54, 1.807) is 18.2 Å². The van der Waals surface area contributed by atoms with Crippen LogP contribution >= 0.6 is 11.6 Å². The van der Waals surface area contributed by atoms with Gasteiger partial charge < -0.3 is 14.2 Å². The first-order valence-corrected chi connectivity index (χ1v) is 10.7. The van der Waals surface area contributed by atoms with Crippen molar-refractivity contribution in [3.8, 4) is 11.5 Å². The molecule has 156 valence electrons. The Hall–Kier alpha value is -2.29. The summed E-state index contributed by atoms with van der Waals surface area (Å²) in [5, 5.41) is 0.109. The number of carbonyl (C=O) groups excluding carboxylic acids is 1. The number of methoxy groups -OCH3 is 2. The maximum Gasteiger partial charge on any atom is 0.339 e. The van der Waals surface area contributed by atoms with Gasteiger partial charge in [0.1, 0.15) is 17.1 Å². The van der Waals surface area contributed by atoms with Crippen molar-refractivity contribution in [1.29, 1.82) is 0 Å². The number of fused-ring (bicyclic) bond motifs is 1. The molecule has 0 bridgehead atoms. The van der Waals surface area contributed by atoms with Gasteiger partial charge in [-0.25, -0.2) is 17.9 Å². The molecule has 1 N–H and O–H groups in total. The number of rotatable bonds is 5. The van der Waals surface area contributed by atoms with Crippen LogP contribution in [-0.4, -0.2) is 34.2 Å². The molecule has 7 nitrogen and oxygen atoms in total. The van der Waals surface area contributed by atoms with E-state index in [4.69, 9.17) is 21.1 Å². The maximum atomic E-state index is 13.1. The van der Waals surface area contributed by atoms with Gasteiger partial charge in [-0.15, -0.1) is 0 Å². The van der Waals surface area contributed by atoms with E-state index in [2.05, 4.69) is 9.46 Å². The predicted octanol–water partition coefficient (Wildman–Crippen LogP) is 3.72. The molecule has 0 unspecified atom stereocenters. The van der Waals surface area contributed by atoms with Crippen molar-refractivity contribution in [2.45, 2.75) is 36.8 Å². The minimum absolute atomic E-state index is 0.0218. The number of ether oxygens (including phenoxy) is 3. The minimum Gasteiger partial charge on any atom is -0.497 e. The van der Waals surface area contributed by atoms with Crippen molar-refractivity contribution in [2.75, 3.05) is 14.2 Å². The van der Waals surface area contributed by atoms with Crippen molar-refractivity contribution in [3.05, 3.63) is 52.5 Å². The lowest BCUT2D eigenvalue weighted by molar-refractivity contribution is 0.0600. The number of nitrogens with one attached hydrogen (secondary N) is 1. The van der Waals surface area contributed by atoms with Crippen molar-refractivity contribution < 1.29 is 27.4 Å². The second kappa shape index (κ2) is 7.85. The SMILES string of the molecule is COC(=O)c1cc(S(=O)(=O)N[C@@H]2CC(C)(C)Oc3ccc(OC)cc32)ccc1Cl. The van der Waals surface area contributed by atoms with Gasteiger partial charge in [0.05, 0.1) is 35.7 Å². The van der Waals surface area contributed by atoms with E-state index in [9.17, 15) is 13.2 Å². The van der Waals surface area contributed by atoms with E-state index in [0.717, 1.165) is 0 Å². The molecule has 0 amide bonds. The molecule has 1 aliphatic rings. The summed E-state index contributed by atoms with van der Waals surface area (Å²) in [7, 11) is -1.23. The molecule has 0 saturated carbocycles. The van der Waals surface area contributed by atoms with Crippen LogP contribution < -0.4 is 14.2 Å². The van der Waals surface area contributed by atoms with Gasteiger partial charge in [-0.3, -0.25) is 0 Å². The third-order valence-corrected chi connectivity index (χ3v) is 6.42. The summed E-state index contributed by atoms with van der Waals surface area (Å²) in [6.45, 7) is 3.78. The van der Waals surface area contributed by atoms with Crippen molar-refractivity contribution in [1.82, 2.24) is 4.72 Å². The summed E-state index contributed by atoms with van der Waals surface area (Å²) >= 11 is 6.00. The average molecular weight is 440 g/mol. The van der Waals surface area contributed by atoms with Crippen LogP contribution in [0.2, 0.25) is 5.02 Å². The molecule has 0 radical (unpaired) electrons. The Balaban J connectivity index is 2.00. The van der Waals surface area contributed by atoms with Crippen LogP contribution in [0.5, 0.6) is 11.5 Å². The van der Waals surface area contributed by atoms with Crippen molar-refractivity contribution in [2.24, 2.45) is 0 Å². The van der Waals surface area contributed by atoms with Crippen LogP contribution in [0.25, 0.3) is 0 Å². The Labute approximate surface area is 175 Å². The molecule has 2 aromatic rings. The zero-order valence-corrected chi connectivity index (χ0v) is 18.1. The lowest BCUT2D eigenvalue weighted by Gasteiger charge is -2.37. The Bertz CT molecular complexity index is 1050. The molecule has 0 aromatic heterocycles. The van der Waals surface area contributed by atoms with E-state index in [-0.39, 0.29) is 15.5 Å². The van der Waals surface area contributed by atoms with Gasteiger partial charge in [0.15, 0.2) is 0 Å². The second-order valence-electron chi connectivity index (χ2n) is 7.28. The topological polar surface area (TPSA) is 90.9 Å². The van der Waals surface area contributed by atoms with Crippen molar-refractivity contribution in [3.63, 3.8) is 0 Å². The van der Waals surface area contributed by atoms with Gasteiger partial charge in [-0.1, -0.05) is 11.6 Å². The quantitative estimate of drug-likeness (QED) is 0.714. The van der Waals surface area contributed by atoms with Crippen LogP contribution in [0.4, 0.5) is 0 Å². The van der Waals surface area contributed by atoms with E-state index in [1.807, 2.05) is 13.8 Å². The Morgan fingerprint density at radius 1 is 1.21 bits per heavy atom. The molecule has 2 aromatic carbocycles. The highest BCUT2D eigenvalue weighted by molar-refractivity contribution is 7.89. The summed E-state index contributed by atoms with van der Waals surface area (Å²) in [6, 6.07) is 8.61. The summed E-state index contributed by atoms with van der Waals surface area (Å²) in [6.07, 6.45) is 0.407. The molecular weight excluding hydrogens is 418 g/mol. The molecule has 3 rings (SSSR count). The molecular formula is C20H22ClNO6S. The first-order chi connectivity index (χ1) is 13.6. The van der Waals surface area contributed by atoms with Gasteiger partial charge in [0.2, 0.25) is 10.0 Å². The Kier molecular flexibility index (Phi) is 5.80. The van der Waals surface area contributed by atoms with Crippen LogP contribution in [0.1, 0.15) is 42.2 Å². The number of hydrogen-bond acceptors (Lipinski definition) is 6. The van der Waals surface area contributed by atoms with Gasteiger partial charge >= 0.3 is 5.97 Å². The lowest BCUT2D eigenvalue weighted by atomic mass is 9.90. The predicted molar refractivity (Wildman–Crippen MR) is 108 cm³/mol. The molecule has 1 aliphatic heterocycles. The second-order valence-corrected chi connectivity index (χ2v) is 9.40. The number of sulfonamides is 1. The fraction of sp³-hybridized carbons (Fsp3) is 0.350. The molecule has 29 heavy (non-hydrogen) atoms. The highest BCUT2D eigenvalue weighted by Gasteiger charge is 2.36. The number of esters is 1. The molecule has 0 saturated heterocycles. The molecule has 0 aliphatic carbocycles. The van der Waals surface area contributed by atoms with Crippen molar-refractivity contribution >= 4 is 27.6 Å².